The van der Waals surface area contributed by atoms with Gasteiger partial charge in [0, 0.05) is 31.4 Å². The van der Waals surface area contributed by atoms with Gasteiger partial charge in [0.15, 0.2) is 0 Å². The number of aryl methyl sites for hydroxylation is 2. The van der Waals surface area contributed by atoms with Crippen LogP contribution in [-0.4, -0.2) is 14.2 Å². The van der Waals surface area contributed by atoms with Crippen molar-refractivity contribution in [2.24, 2.45) is 14.1 Å². The summed E-state index contributed by atoms with van der Waals surface area (Å²) in [7, 11) is 3.50. The number of aliphatic hydroxyl groups excluding tert-OH is 1. The topological polar surface area (TPSA) is 47.2 Å². The summed E-state index contributed by atoms with van der Waals surface area (Å²) in [5, 5.41) is 9.92. The Kier molecular flexibility index (Phi) is 1.93. The Labute approximate surface area is 81.0 Å². The fourth-order valence-corrected chi connectivity index (χ4v) is 1.65. The van der Waals surface area contributed by atoms with Gasteiger partial charge in [0.05, 0.1) is 6.61 Å². The first-order chi connectivity index (χ1) is 6.65. The van der Waals surface area contributed by atoms with Crippen molar-refractivity contribution in [3.8, 4) is 0 Å². The van der Waals surface area contributed by atoms with E-state index in [1.807, 2.05) is 12.1 Å². The van der Waals surface area contributed by atoms with E-state index < -0.39 is 0 Å². The average molecular weight is 192 g/mol. The molecule has 4 heteroatoms. The lowest BCUT2D eigenvalue weighted by Crippen LogP contribution is -2.17. The van der Waals surface area contributed by atoms with E-state index in [1.54, 1.807) is 24.9 Å². The van der Waals surface area contributed by atoms with Crippen molar-refractivity contribution in [3.63, 3.8) is 0 Å². The second-order valence-electron chi connectivity index (χ2n) is 3.39. The molecule has 0 fully saturated rings. The Bertz CT molecular complexity index is 537. The van der Waals surface area contributed by atoms with Gasteiger partial charge in [-0.15, -0.1) is 0 Å². The van der Waals surface area contributed by atoms with E-state index in [4.69, 9.17) is 5.11 Å². The van der Waals surface area contributed by atoms with Crippen molar-refractivity contribution in [2.75, 3.05) is 0 Å². The third-order valence-electron chi connectivity index (χ3n) is 2.52. The van der Waals surface area contributed by atoms with Gasteiger partial charge in [0.2, 0.25) is 0 Å². The van der Waals surface area contributed by atoms with Crippen molar-refractivity contribution in [2.45, 2.75) is 6.61 Å². The van der Waals surface area contributed by atoms with Crippen LogP contribution >= 0.6 is 0 Å². The van der Waals surface area contributed by atoms with Gasteiger partial charge in [0.1, 0.15) is 5.52 Å². The summed E-state index contributed by atoms with van der Waals surface area (Å²) in [5.41, 5.74) is 1.35. The van der Waals surface area contributed by atoms with Gasteiger partial charge in [-0.05, 0) is 12.1 Å². The van der Waals surface area contributed by atoms with E-state index >= 15 is 0 Å². The molecule has 74 valence electrons. The highest BCUT2D eigenvalue weighted by Gasteiger charge is 2.08. The molecule has 0 atom stereocenters. The fraction of sp³-hybridized carbons (Fsp3) is 0.300. The zero-order valence-electron chi connectivity index (χ0n) is 8.19. The van der Waals surface area contributed by atoms with Crippen molar-refractivity contribution < 1.29 is 5.11 Å². The Morgan fingerprint density at radius 1 is 1.43 bits per heavy atom. The molecule has 0 unspecified atom stereocenters. The molecule has 2 aromatic rings. The molecular weight excluding hydrogens is 180 g/mol. The summed E-state index contributed by atoms with van der Waals surface area (Å²) >= 11 is 0. The number of aliphatic hydroxyl groups is 1. The number of nitrogens with zero attached hydrogens (tertiary/aromatic N) is 2. The molecular formula is C10H12N2O2. The normalized spacial score (nSPS) is 11.1. The van der Waals surface area contributed by atoms with E-state index in [2.05, 4.69) is 0 Å². The van der Waals surface area contributed by atoms with E-state index in [9.17, 15) is 4.79 Å². The van der Waals surface area contributed by atoms with E-state index in [0.29, 0.717) is 5.52 Å². The molecule has 0 aromatic carbocycles. The second kappa shape index (κ2) is 2.99. The van der Waals surface area contributed by atoms with Crippen LogP contribution in [0, 0.1) is 0 Å². The first-order valence-corrected chi connectivity index (χ1v) is 4.40. The van der Waals surface area contributed by atoms with Crippen molar-refractivity contribution in [1.29, 1.82) is 0 Å². The number of hydrogen-bond acceptors (Lipinski definition) is 2. The quantitative estimate of drug-likeness (QED) is 0.709. The molecule has 0 aliphatic heterocycles. The number of fused-ring (bicyclic) bond motifs is 1. The van der Waals surface area contributed by atoms with Gasteiger partial charge in [-0.3, -0.25) is 4.79 Å². The maximum Gasteiger partial charge on any atom is 0.274 e. The predicted molar refractivity (Wildman–Crippen MR) is 54.1 cm³/mol. The first kappa shape index (κ1) is 9.02. The number of aromatic nitrogens is 2. The highest BCUT2D eigenvalue weighted by atomic mass is 16.3. The van der Waals surface area contributed by atoms with Crippen molar-refractivity contribution >= 4 is 10.9 Å². The lowest BCUT2D eigenvalue weighted by molar-refractivity contribution is 0.273. The maximum atomic E-state index is 11.7. The van der Waals surface area contributed by atoms with Crippen LogP contribution in [-0.2, 0) is 20.7 Å². The maximum absolute atomic E-state index is 11.7. The minimum atomic E-state index is -0.0473. The summed E-state index contributed by atoms with van der Waals surface area (Å²) in [6.07, 6.45) is 1.73. The van der Waals surface area contributed by atoms with Crippen LogP contribution in [0.2, 0.25) is 0 Å². The smallest absolute Gasteiger partial charge is 0.274 e. The zero-order chi connectivity index (χ0) is 10.3. The van der Waals surface area contributed by atoms with Crippen LogP contribution in [0.15, 0.2) is 23.1 Å². The largest absolute Gasteiger partial charge is 0.390 e. The minimum Gasteiger partial charge on any atom is -0.390 e. The monoisotopic (exact) mass is 192 g/mol. The summed E-state index contributed by atoms with van der Waals surface area (Å²) < 4.78 is 3.27. The van der Waals surface area contributed by atoms with Gasteiger partial charge >= 0.3 is 0 Å². The van der Waals surface area contributed by atoms with E-state index in [1.165, 1.54) is 4.57 Å². The van der Waals surface area contributed by atoms with Crippen LogP contribution in [0.25, 0.3) is 10.9 Å². The molecule has 0 amide bonds. The summed E-state index contributed by atoms with van der Waals surface area (Å²) in [6, 6.07) is 3.70. The Morgan fingerprint density at radius 2 is 2.14 bits per heavy atom. The highest BCUT2D eigenvalue weighted by molar-refractivity contribution is 5.80. The Morgan fingerprint density at radius 3 is 2.79 bits per heavy atom. The van der Waals surface area contributed by atoms with Crippen LogP contribution in [0.1, 0.15) is 5.69 Å². The molecule has 2 heterocycles. The summed E-state index contributed by atoms with van der Waals surface area (Å²) in [4.78, 5) is 11.7. The molecule has 0 aliphatic rings. The van der Waals surface area contributed by atoms with Crippen LogP contribution in [0.3, 0.4) is 0 Å². The third-order valence-corrected chi connectivity index (χ3v) is 2.52. The molecule has 2 rings (SSSR count). The Hall–Kier alpha value is -1.55. The lowest BCUT2D eigenvalue weighted by atomic mass is 10.3. The number of pyridine rings is 1. The summed E-state index contributed by atoms with van der Waals surface area (Å²) in [6.45, 7) is -0.0473. The molecule has 0 saturated carbocycles. The predicted octanol–water partition coefficient (Wildman–Crippen LogP) is 0.369. The van der Waals surface area contributed by atoms with Gasteiger partial charge in [-0.25, -0.2) is 0 Å². The van der Waals surface area contributed by atoms with E-state index in [0.717, 1.165) is 11.1 Å². The van der Waals surface area contributed by atoms with Crippen molar-refractivity contribution in [1.82, 2.24) is 9.13 Å². The molecule has 14 heavy (non-hydrogen) atoms. The highest BCUT2D eigenvalue weighted by Crippen LogP contribution is 2.14. The second-order valence-corrected chi connectivity index (χ2v) is 3.39. The fourth-order valence-electron chi connectivity index (χ4n) is 1.65. The standard InChI is InChI=1S/C10H12N2O2/c1-11-4-3-7-5-8(6-13)12(2)9(7)10(11)14/h3-5,13H,6H2,1-2H3. The first-order valence-electron chi connectivity index (χ1n) is 4.40. The van der Waals surface area contributed by atoms with Gasteiger partial charge in [0.25, 0.3) is 5.56 Å². The molecule has 0 saturated heterocycles. The van der Waals surface area contributed by atoms with Gasteiger partial charge in [-0.1, -0.05) is 0 Å². The van der Waals surface area contributed by atoms with Gasteiger partial charge in [-0.2, -0.15) is 0 Å². The molecule has 0 aliphatic carbocycles. The molecule has 0 spiro atoms. The SMILES string of the molecule is Cn1ccc2cc(CO)n(C)c2c1=O. The summed E-state index contributed by atoms with van der Waals surface area (Å²) in [5.74, 6) is 0. The molecule has 0 bridgehead atoms. The third kappa shape index (κ3) is 1.08. The van der Waals surface area contributed by atoms with E-state index in [-0.39, 0.29) is 12.2 Å². The molecule has 0 radical (unpaired) electrons. The van der Waals surface area contributed by atoms with Crippen molar-refractivity contribution in [3.05, 3.63) is 34.4 Å². The molecule has 1 N–H and O–H groups in total. The van der Waals surface area contributed by atoms with Crippen LogP contribution in [0.5, 0.6) is 0 Å². The van der Waals surface area contributed by atoms with Crippen LogP contribution < -0.4 is 5.56 Å². The minimum absolute atomic E-state index is 0.0373. The Balaban J connectivity index is 2.94. The lowest BCUT2D eigenvalue weighted by Gasteiger charge is -2.01. The molecule has 4 nitrogen and oxygen atoms in total. The number of rotatable bonds is 1. The van der Waals surface area contributed by atoms with Crippen LogP contribution in [0.4, 0.5) is 0 Å². The number of hydrogen-bond donors (Lipinski definition) is 1. The molecule has 2 aromatic heterocycles. The van der Waals surface area contributed by atoms with Gasteiger partial charge < -0.3 is 14.2 Å². The average Bonchev–Trinajstić information content (AvgIpc) is 2.50. The zero-order valence-corrected chi connectivity index (χ0v) is 8.19.